The van der Waals surface area contributed by atoms with E-state index in [0.29, 0.717) is 11.6 Å². The predicted octanol–water partition coefficient (Wildman–Crippen LogP) is 2.50. The number of aryl methyl sites for hydroxylation is 1. The summed E-state index contributed by atoms with van der Waals surface area (Å²) in [5.41, 5.74) is 11.1. The zero-order valence-corrected chi connectivity index (χ0v) is 13.9. The summed E-state index contributed by atoms with van der Waals surface area (Å²) in [6, 6.07) is 4.18. The van der Waals surface area contributed by atoms with Crippen molar-refractivity contribution in [1.29, 1.82) is 0 Å². The first-order chi connectivity index (χ1) is 10.7. The van der Waals surface area contributed by atoms with Gasteiger partial charge in [-0.2, -0.15) is 5.10 Å². The van der Waals surface area contributed by atoms with Gasteiger partial charge in [0, 0.05) is 18.8 Å². The Morgan fingerprint density at radius 1 is 1.27 bits per heavy atom. The third-order valence-electron chi connectivity index (χ3n) is 4.41. The summed E-state index contributed by atoms with van der Waals surface area (Å²) in [7, 11) is 3.64. The molecule has 0 amide bonds. The molecule has 0 saturated heterocycles. The van der Waals surface area contributed by atoms with Crippen molar-refractivity contribution < 1.29 is 4.74 Å². The second-order valence-corrected chi connectivity index (χ2v) is 8.89. The minimum atomic E-state index is -0.0507. The molecular weight excluding hydrogens is 295 g/mol. The van der Waals surface area contributed by atoms with Gasteiger partial charge in [0.25, 0.3) is 0 Å². The third kappa shape index (κ3) is 2.38. The number of methoxy groups -OCH3 is 1. The van der Waals surface area contributed by atoms with Crippen LogP contribution < -0.4 is 15.9 Å². The summed E-state index contributed by atoms with van der Waals surface area (Å²) in [4.78, 5) is 4.10. The monoisotopic (exact) mass is 316 g/mol. The summed E-state index contributed by atoms with van der Waals surface area (Å²) in [5, 5.41) is 4.74. The van der Waals surface area contributed by atoms with Gasteiger partial charge in [-0.05, 0) is 57.1 Å². The number of nitrogens with zero attached hydrogens (tertiary/aromatic N) is 3. The average Bonchev–Trinajstić information content (AvgIpc) is 3.40. The maximum Gasteiger partial charge on any atom is 0.170 e. The van der Waals surface area contributed by atoms with Gasteiger partial charge in [-0.15, -0.1) is 0 Å². The lowest BCUT2D eigenvalue weighted by Crippen LogP contribution is -2.16. The number of hydrogen-bond donors (Lipinski definition) is 1. The normalized spacial score (nSPS) is 18.0. The molecule has 4 rings (SSSR count). The average molecular weight is 316 g/mol. The van der Waals surface area contributed by atoms with Gasteiger partial charge >= 0.3 is 0 Å². The lowest BCUT2D eigenvalue weighted by Gasteiger charge is -2.16. The standard InChI is InChI=1S/C16H21N4OP/c1-20-14(22(10-3-4-10)11-5-6-11)9-13(19-20)12-7-8-18-16(17)15(12)21-2/h7-11H,3-6H2,1-2H3,(H2,17,18). The van der Waals surface area contributed by atoms with Crippen molar-refractivity contribution in [3.05, 3.63) is 18.3 Å². The van der Waals surface area contributed by atoms with E-state index in [-0.39, 0.29) is 7.92 Å². The Labute approximate surface area is 131 Å². The van der Waals surface area contributed by atoms with Crippen molar-refractivity contribution in [2.75, 3.05) is 12.8 Å². The molecule has 0 aromatic carbocycles. The largest absolute Gasteiger partial charge is 0.492 e. The van der Waals surface area contributed by atoms with Crippen LogP contribution in [0, 0.1) is 0 Å². The number of ether oxygens (including phenoxy) is 1. The molecule has 2 saturated carbocycles. The minimum Gasteiger partial charge on any atom is -0.492 e. The molecule has 6 heteroatoms. The van der Waals surface area contributed by atoms with Crippen LogP contribution in [0.15, 0.2) is 18.3 Å². The molecule has 116 valence electrons. The van der Waals surface area contributed by atoms with Gasteiger partial charge in [0.1, 0.15) is 0 Å². The molecule has 2 aromatic heterocycles. The highest BCUT2D eigenvalue weighted by atomic mass is 31.1. The predicted molar refractivity (Wildman–Crippen MR) is 90.0 cm³/mol. The number of hydrogen-bond acceptors (Lipinski definition) is 4. The number of nitrogens with two attached hydrogens (primary N) is 1. The first kappa shape index (κ1) is 14.0. The molecule has 2 N–H and O–H groups in total. The number of pyridine rings is 1. The molecule has 0 aliphatic heterocycles. The van der Waals surface area contributed by atoms with E-state index in [2.05, 4.69) is 22.8 Å². The molecule has 2 fully saturated rings. The van der Waals surface area contributed by atoms with Crippen LogP contribution in [-0.4, -0.2) is 33.2 Å². The van der Waals surface area contributed by atoms with Crippen LogP contribution in [0.25, 0.3) is 11.3 Å². The molecule has 0 unspecified atom stereocenters. The second-order valence-electron chi connectivity index (χ2n) is 6.16. The fourth-order valence-electron chi connectivity index (χ4n) is 3.09. The van der Waals surface area contributed by atoms with E-state index in [1.807, 2.05) is 6.07 Å². The van der Waals surface area contributed by atoms with E-state index in [1.54, 1.807) is 13.3 Å². The molecular formula is C16H21N4OP. The summed E-state index contributed by atoms with van der Waals surface area (Å²) < 4.78 is 7.51. The van der Waals surface area contributed by atoms with Crippen LogP contribution in [0.1, 0.15) is 25.7 Å². The molecule has 2 heterocycles. The summed E-state index contributed by atoms with van der Waals surface area (Å²) in [6.45, 7) is 0. The zero-order valence-electron chi connectivity index (χ0n) is 13.0. The SMILES string of the molecule is COc1c(-c2cc(P(C3CC3)C3CC3)n(C)n2)ccnc1N. The third-order valence-corrected chi connectivity index (χ3v) is 7.97. The number of rotatable bonds is 5. The van der Waals surface area contributed by atoms with Gasteiger partial charge in [-0.3, -0.25) is 4.68 Å². The molecule has 22 heavy (non-hydrogen) atoms. The fraction of sp³-hybridized carbons (Fsp3) is 0.500. The molecule has 5 nitrogen and oxygen atoms in total. The number of anilines is 1. The Morgan fingerprint density at radius 3 is 2.55 bits per heavy atom. The first-order valence-corrected chi connectivity index (χ1v) is 9.28. The zero-order chi connectivity index (χ0) is 15.3. The highest BCUT2D eigenvalue weighted by Gasteiger charge is 2.43. The van der Waals surface area contributed by atoms with Gasteiger partial charge < -0.3 is 10.5 Å². The Hall–Kier alpha value is -1.61. The van der Waals surface area contributed by atoms with Gasteiger partial charge in [0.2, 0.25) is 0 Å². The quantitative estimate of drug-likeness (QED) is 0.861. The van der Waals surface area contributed by atoms with Gasteiger partial charge in [-0.1, -0.05) is 0 Å². The molecule has 2 aliphatic carbocycles. The van der Waals surface area contributed by atoms with Crippen LogP contribution in [0.3, 0.4) is 0 Å². The van der Waals surface area contributed by atoms with Crippen LogP contribution in [0.4, 0.5) is 5.82 Å². The van der Waals surface area contributed by atoms with Crippen LogP contribution in [0.2, 0.25) is 0 Å². The van der Waals surface area contributed by atoms with Crippen molar-refractivity contribution in [2.45, 2.75) is 37.0 Å². The Balaban J connectivity index is 1.75. The van der Waals surface area contributed by atoms with Crippen LogP contribution >= 0.6 is 7.92 Å². The maximum absolute atomic E-state index is 5.92. The highest BCUT2D eigenvalue weighted by Crippen LogP contribution is 2.63. The van der Waals surface area contributed by atoms with Crippen molar-refractivity contribution in [1.82, 2.24) is 14.8 Å². The minimum absolute atomic E-state index is 0.0507. The van der Waals surface area contributed by atoms with Gasteiger partial charge in [0.05, 0.1) is 18.2 Å². The van der Waals surface area contributed by atoms with Gasteiger partial charge in [0.15, 0.2) is 11.6 Å². The number of nitrogen functional groups attached to an aromatic ring is 1. The summed E-state index contributed by atoms with van der Waals surface area (Å²) >= 11 is 0. The smallest absolute Gasteiger partial charge is 0.170 e. The van der Waals surface area contributed by atoms with Crippen molar-refractivity contribution >= 4 is 19.2 Å². The molecule has 0 bridgehead atoms. The molecule has 0 radical (unpaired) electrons. The Morgan fingerprint density at radius 2 is 1.95 bits per heavy atom. The molecule has 0 atom stereocenters. The summed E-state index contributed by atoms with van der Waals surface area (Å²) in [5.74, 6) is 1.04. The van der Waals surface area contributed by atoms with Crippen LogP contribution in [-0.2, 0) is 7.05 Å². The van der Waals surface area contributed by atoms with E-state index in [0.717, 1.165) is 22.6 Å². The van der Waals surface area contributed by atoms with Crippen molar-refractivity contribution in [2.24, 2.45) is 7.05 Å². The van der Waals surface area contributed by atoms with E-state index >= 15 is 0 Å². The van der Waals surface area contributed by atoms with Crippen molar-refractivity contribution in [3.63, 3.8) is 0 Å². The summed E-state index contributed by atoms with van der Waals surface area (Å²) in [6.07, 6.45) is 7.30. The van der Waals surface area contributed by atoms with E-state index in [9.17, 15) is 0 Å². The van der Waals surface area contributed by atoms with E-state index < -0.39 is 0 Å². The molecule has 2 aromatic rings. The lowest BCUT2D eigenvalue weighted by molar-refractivity contribution is 0.417. The van der Waals surface area contributed by atoms with Crippen molar-refractivity contribution in [3.8, 4) is 17.0 Å². The van der Waals surface area contributed by atoms with Gasteiger partial charge in [-0.25, -0.2) is 4.98 Å². The maximum atomic E-state index is 5.92. The highest BCUT2D eigenvalue weighted by molar-refractivity contribution is 7.67. The Kier molecular flexibility index (Phi) is 3.33. The number of aromatic nitrogens is 3. The molecule has 2 aliphatic rings. The fourth-order valence-corrected chi connectivity index (χ4v) is 6.49. The van der Waals surface area contributed by atoms with Crippen LogP contribution in [0.5, 0.6) is 5.75 Å². The topological polar surface area (TPSA) is 66.0 Å². The first-order valence-electron chi connectivity index (χ1n) is 7.80. The van der Waals surface area contributed by atoms with E-state index in [4.69, 9.17) is 15.6 Å². The second kappa shape index (κ2) is 5.24. The Bertz CT molecular complexity index is 694. The van der Waals surface area contributed by atoms with E-state index in [1.165, 1.54) is 31.1 Å². The lowest BCUT2D eigenvalue weighted by atomic mass is 10.2. The molecule has 0 spiro atoms.